The van der Waals surface area contributed by atoms with Gasteiger partial charge in [0.25, 0.3) is 0 Å². The van der Waals surface area contributed by atoms with Gasteiger partial charge < -0.3 is 9.84 Å². The molecule has 0 radical (unpaired) electrons. The average molecular weight is 482 g/mol. The highest BCUT2D eigenvalue weighted by Gasteiger charge is 2.25. The van der Waals surface area contributed by atoms with Crippen LogP contribution >= 0.6 is 63.7 Å². The van der Waals surface area contributed by atoms with Gasteiger partial charge in [-0.3, -0.25) is 4.79 Å². The van der Waals surface area contributed by atoms with Crippen molar-refractivity contribution in [3.8, 4) is 11.5 Å². The van der Waals surface area contributed by atoms with Crippen LogP contribution in [0.5, 0.6) is 11.5 Å². The molecule has 0 spiro atoms. The van der Waals surface area contributed by atoms with Gasteiger partial charge >= 0.3 is 0 Å². The molecule has 0 aliphatic heterocycles. The minimum atomic E-state index is -0.582. The van der Waals surface area contributed by atoms with E-state index in [1.165, 1.54) is 7.11 Å². The summed E-state index contributed by atoms with van der Waals surface area (Å²) in [6, 6.07) is 1.61. The molecule has 0 unspecified atom stereocenters. The van der Waals surface area contributed by atoms with E-state index in [0.717, 1.165) is 0 Å². The van der Waals surface area contributed by atoms with Gasteiger partial charge in [-0.05, 0) is 37.9 Å². The lowest BCUT2D eigenvalue weighted by molar-refractivity contribution is 0.101. The molecule has 1 N–H and O–H groups in total. The fourth-order valence-electron chi connectivity index (χ4n) is 1.13. The van der Waals surface area contributed by atoms with Crippen LogP contribution in [0, 0.1) is 0 Å². The number of alkyl halides is 2. The van der Waals surface area contributed by atoms with E-state index in [1.807, 2.05) is 0 Å². The third-order valence-electron chi connectivity index (χ3n) is 1.81. The highest BCUT2D eigenvalue weighted by molar-refractivity contribution is 9.25. The summed E-state index contributed by atoms with van der Waals surface area (Å²) in [6.45, 7) is 0. The number of aromatic hydroxyl groups is 1. The van der Waals surface area contributed by atoms with Gasteiger partial charge in [0.2, 0.25) is 0 Å². The van der Waals surface area contributed by atoms with Crippen molar-refractivity contribution >= 4 is 69.5 Å². The Morgan fingerprint density at radius 1 is 1.38 bits per heavy atom. The number of hydrogen-bond donors (Lipinski definition) is 1. The summed E-state index contributed by atoms with van der Waals surface area (Å²) in [6.07, 6.45) is 0. The molecule has 0 saturated carbocycles. The van der Waals surface area contributed by atoms with Crippen LogP contribution in [0.1, 0.15) is 10.4 Å². The number of ether oxygens (including phenoxy) is 1. The Morgan fingerprint density at radius 2 is 1.94 bits per heavy atom. The Kier molecular flexibility index (Phi) is 5.28. The SMILES string of the molecule is COc1c(Br)cc(Br)c(O)c1C(=O)C(Br)Br. The van der Waals surface area contributed by atoms with Crippen molar-refractivity contribution in [3.63, 3.8) is 0 Å². The second kappa shape index (κ2) is 5.84. The van der Waals surface area contributed by atoms with Crippen LogP contribution in [-0.4, -0.2) is 21.7 Å². The fourth-order valence-corrected chi connectivity index (χ4v) is 2.91. The summed E-state index contributed by atoms with van der Waals surface area (Å²) in [5.74, 6) is -0.167. The van der Waals surface area contributed by atoms with Crippen LogP contribution in [0.25, 0.3) is 0 Å². The molecule has 0 saturated heterocycles. The van der Waals surface area contributed by atoms with Gasteiger partial charge in [0.05, 0.1) is 16.1 Å². The van der Waals surface area contributed by atoms with Gasteiger partial charge in [-0.25, -0.2) is 0 Å². The van der Waals surface area contributed by atoms with Crippen LogP contribution in [0.4, 0.5) is 0 Å². The normalized spacial score (nSPS) is 10.6. The van der Waals surface area contributed by atoms with Crippen molar-refractivity contribution in [2.75, 3.05) is 7.11 Å². The van der Waals surface area contributed by atoms with E-state index in [2.05, 4.69) is 63.7 Å². The van der Waals surface area contributed by atoms with Crippen molar-refractivity contribution in [1.29, 1.82) is 0 Å². The molecule has 0 heterocycles. The number of methoxy groups -OCH3 is 1. The Labute approximate surface area is 126 Å². The molecule has 1 aromatic carbocycles. The summed E-state index contributed by atoms with van der Waals surface area (Å²) in [4.78, 5) is 11.9. The van der Waals surface area contributed by atoms with Gasteiger partial charge in [0.1, 0.15) is 20.8 Å². The number of carbonyl (C=O) groups is 1. The smallest absolute Gasteiger partial charge is 0.194 e. The molecule has 0 fully saturated rings. The first-order valence-corrected chi connectivity index (χ1v) is 7.39. The monoisotopic (exact) mass is 478 g/mol. The van der Waals surface area contributed by atoms with Crippen molar-refractivity contribution < 1.29 is 14.6 Å². The molecule has 0 amide bonds. The molecule has 1 rings (SSSR count). The fraction of sp³-hybridized carbons (Fsp3) is 0.222. The zero-order valence-electron chi connectivity index (χ0n) is 7.93. The van der Waals surface area contributed by atoms with Crippen molar-refractivity contribution in [2.24, 2.45) is 0 Å². The van der Waals surface area contributed by atoms with E-state index < -0.39 is 3.74 Å². The second-order valence-corrected chi connectivity index (χ2v) is 7.53. The van der Waals surface area contributed by atoms with Crippen LogP contribution in [0.15, 0.2) is 15.0 Å². The van der Waals surface area contributed by atoms with E-state index in [0.29, 0.717) is 14.7 Å². The number of carbonyl (C=O) groups excluding carboxylic acids is 1. The van der Waals surface area contributed by atoms with Gasteiger partial charge in [-0.15, -0.1) is 0 Å². The quantitative estimate of drug-likeness (QED) is 0.519. The van der Waals surface area contributed by atoms with Crippen LogP contribution in [0.2, 0.25) is 0 Å². The summed E-state index contributed by atoms with van der Waals surface area (Å²) in [7, 11) is 1.43. The summed E-state index contributed by atoms with van der Waals surface area (Å²) >= 11 is 12.6. The van der Waals surface area contributed by atoms with Gasteiger partial charge in [0.15, 0.2) is 5.78 Å². The minimum Gasteiger partial charge on any atom is -0.506 e. The predicted molar refractivity (Wildman–Crippen MR) is 76.0 cm³/mol. The molecule has 0 atom stereocenters. The molecule has 88 valence electrons. The lowest BCUT2D eigenvalue weighted by Gasteiger charge is -2.13. The molecule has 0 bridgehead atoms. The summed E-state index contributed by atoms with van der Waals surface area (Å²) in [5, 5.41) is 9.84. The maximum absolute atomic E-state index is 11.9. The lowest BCUT2D eigenvalue weighted by Crippen LogP contribution is -2.10. The highest BCUT2D eigenvalue weighted by atomic mass is 79.9. The minimum absolute atomic E-state index is 0.113. The standard InChI is InChI=1S/C9H6Br4O3/c1-16-8-4(11)2-3(10)6(14)5(8)7(15)9(12)13/h2,9,14H,1H3. The van der Waals surface area contributed by atoms with E-state index in [1.54, 1.807) is 6.07 Å². The molecule has 0 aliphatic carbocycles. The highest BCUT2D eigenvalue weighted by Crippen LogP contribution is 2.42. The topological polar surface area (TPSA) is 46.5 Å². The number of hydrogen-bond acceptors (Lipinski definition) is 3. The van der Waals surface area contributed by atoms with Crippen molar-refractivity contribution in [2.45, 2.75) is 3.74 Å². The van der Waals surface area contributed by atoms with Crippen LogP contribution < -0.4 is 4.74 Å². The third-order valence-corrected chi connectivity index (χ3v) is 3.83. The Balaban J connectivity index is 3.51. The Morgan fingerprint density at radius 3 is 2.38 bits per heavy atom. The van der Waals surface area contributed by atoms with Crippen LogP contribution in [-0.2, 0) is 0 Å². The lowest BCUT2D eigenvalue weighted by atomic mass is 10.1. The molecule has 16 heavy (non-hydrogen) atoms. The van der Waals surface area contributed by atoms with Crippen LogP contribution in [0.3, 0.4) is 0 Å². The number of phenols is 1. The van der Waals surface area contributed by atoms with Gasteiger partial charge in [0, 0.05) is 0 Å². The first kappa shape index (κ1) is 14.5. The molecule has 7 heteroatoms. The first-order valence-electron chi connectivity index (χ1n) is 3.97. The number of ketones is 1. The maximum atomic E-state index is 11.9. The summed E-state index contributed by atoms with van der Waals surface area (Å²) < 4.78 is 5.52. The summed E-state index contributed by atoms with van der Waals surface area (Å²) in [5.41, 5.74) is 0.113. The first-order chi connectivity index (χ1) is 7.40. The average Bonchev–Trinajstić information content (AvgIpc) is 2.21. The number of benzene rings is 1. The maximum Gasteiger partial charge on any atom is 0.194 e. The largest absolute Gasteiger partial charge is 0.506 e. The Bertz CT molecular complexity index is 431. The van der Waals surface area contributed by atoms with Gasteiger partial charge in [-0.1, -0.05) is 31.9 Å². The Hall–Kier alpha value is 0.410. The number of Topliss-reactive ketones (excluding diaryl/α,β-unsaturated/α-hetero) is 1. The second-order valence-electron chi connectivity index (χ2n) is 2.76. The number of rotatable bonds is 3. The molecular weight excluding hydrogens is 476 g/mol. The number of phenolic OH excluding ortho intramolecular Hbond substituents is 1. The molecule has 0 aliphatic rings. The molecule has 3 nitrogen and oxygen atoms in total. The molecule has 0 aromatic heterocycles. The zero-order valence-corrected chi connectivity index (χ0v) is 14.3. The van der Waals surface area contributed by atoms with E-state index in [9.17, 15) is 9.90 Å². The van der Waals surface area contributed by atoms with E-state index in [-0.39, 0.29) is 17.1 Å². The van der Waals surface area contributed by atoms with E-state index >= 15 is 0 Å². The molecule has 1 aromatic rings. The number of halogens is 4. The van der Waals surface area contributed by atoms with Crippen molar-refractivity contribution in [3.05, 3.63) is 20.6 Å². The van der Waals surface area contributed by atoms with Gasteiger partial charge in [-0.2, -0.15) is 0 Å². The zero-order chi connectivity index (χ0) is 12.5. The van der Waals surface area contributed by atoms with E-state index in [4.69, 9.17) is 4.74 Å². The molecular formula is C9H6Br4O3. The predicted octanol–water partition coefficient (Wildman–Crippen LogP) is 4.22. The third kappa shape index (κ3) is 2.80. The van der Waals surface area contributed by atoms with Crippen molar-refractivity contribution in [1.82, 2.24) is 0 Å².